The van der Waals surface area contributed by atoms with Crippen LogP contribution in [0, 0.1) is 13.8 Å². The molecule has 0 aliphatic carbocycles. The number of methoxy groups -OCH3 is 2. The number of ether oxygens (including phenoxy) is 3. The minimum absolute atomic E-state index is 0.254. The van der Waals surface area contributed by atoms with Gasteiger partial charge in [0.25, 0.3) is 5.91 Å². The van der Waals surface area contributed by atoms with E-state index < -0.39 is 5.97 Å². The number of carbonyl (C=O) groups is 2. The number of benzene rings is 2. The molecule has 0 bridgehead atoms. The van der Waals surface area contributed by atoms with Gasteiger partial charge in [0.15, 0.2) is 11.5 Å². The number of anilines is 1. The van der Waals surface area contributed by atoms with Crippen LogP contribution in [-0.2, 0) is 4.74 Å². The molecule has 7 nitrogen and oxygen atoms in total. The van der Waals surface area contributed by atoms with Crippen LogP contribution in [0.2, 0.25) is 0 Å². The molecule has 0 atom stereocenters. The fraction of sp³-hybridized carbons (Fsp3) is 0.222. The molecule has 2 heterocycles. The Morgan fingerprint density at radius 3 is 2.46 bits per heavy atom. The van der Waals surface area contributed by atoms with Gasteiger partial charge in [-0.25, -0.2) is 9.78 Å². The fourth-order valence-electron chi connectivity index (χ4n) is 3.84. The molecule has 4 aromatic rings. The van der Waals surface area contributed by atoms with Crippen molar-refractivity contribution in [2.24, 2.45) is 0 Å². The first-order valence-electron chi connectivity index (χ1n) is 11.1. The zero-order chi connectivity index (χ0) is 25.1. The monoisotopic (exact) mass is 490 g/mol. The number of nitrogens with one attached hydrogen (secondary N) is 1. The third kappa shape index (κ3) is 4.70. The van der Waals surface area contributed by atoms with Gasteiger partial charge in [0.2, 0.25) is 0 Å². The molecule has 0 unspecified atom stereocenters. The minimum Gasteiger partial charge on any atom is -0.493 e. The Morgan fingerprint density at radius 1 is 1.00 bits per heavy atom. The Balaban J connectivity index is 1.80. The fourth-order valence-corrected chi connectivity index (χ4v) is 4.88. The number of pyridine rings is 1. The summed E-state index contributed by atoms with van der Waals surface area (Å²) in [5.74, 6) is 0.381. The van der Waals surface area contributed by atoms with Gasteiger partial charge < -0.3 is 19.5 Å². The van der Waals surface area contributed by atoms with Gasteiger partial charge in [0.05, 0.1) is 43.2 Å². The van der Waals surface area contributed by atoms with Crippen LogP contribution in [0.25, 0.3) is 22.2 Å². The molecular weight excluding hydrogens is 464 g/mol. The largest absolute Gasteiger partial charge is 0.493 e. The Bertz CT molecular complexity index is 1430. The average Bonchev–Trinajstić information content (AvgIpc) is 3.15. The van der Waals surface area contributed by atoms with Crippen molar-refractivity contribution in [3.63, 3.8) is 0 Å². The van der Waals surface area contributed by atoms with Crippen molar-refractivity contribution in [2.45, 2.75) is 20.8 Å². The SMILES string of the molecule is CCOC(=O)c1c(NC(=O)c2cc(-c3ccc(OC)c(OC)c3)nc3ccccc23)sc(C)c1C. The molecule has 2 aromatic heterocycles. The van der Waals surface area contributed by atoms with Crippen molar-refractivity contribution in [1.82, 2.24) is 4.98 Å². The van der Waals surface area contributed by atoms with Gasteiger partial charge in [-0.15, -0.1) is 11.3 Å². The van der Waals surface area contributed by atoms with Crippen molar-refractivity contribution >= 4 is 39.1 Å². The topological polar surface area (TPSA) is 86.8 Å². The van der Waals surface area contributed by atoms with E-state index in [1.165, 1.54) is 11.3 Å². The number of nitrogens with zero attached hydrogens (tertiary/aromatic N) is 1. The zero-order valence-electron chi connectivity index (χ0n) is 20.2. The normalized spacial score (nSPS) is 10.8. The van der Waals surface area contributed by atoms with Crippen molar-refractivity contribution in [3.05, 3.63) is 70.1 Å². The van der Waals surface area contributed by atoms with Crippen LogP contribution in [-0.4, -0.2) is 37.7 Å². The van der Waals surface area contributed by atoms with E-state index in [4.69, 9.17) is 19.2 Å². The van der Waals surface area contributed by atoms with Crippen LogP contribution in [0.3, 0.4) is 0 Å². The standard InChI is InChI=1S/C27H26N2O5S/c1-6-34-27(31)24-15(2)16(3)35-26(24)29-25(30)19-14-21(28-20-10-8-7-9-18(19)20)17-11-12-22(32-4)23(13-17)33-5/h7-14H,6H2,1-5H3,(H,29,30). The molecule has 0 saturated heterocycles. The first-order chi connectivity index (χ1) is 16.9. The third-order valence-electron chi connectivity index (χ3n) is 5.73. The van der Waals surface area contributed by atoms with Crippen molar-refractivity contribution < 1.29 is 23.8 Å². The van der Waals surface area contributed by atoms with E-state index in [-0.39, 0.29) is 12.5 Å². The van der Waals surface area contributed by atoms with Crippen LogP contribution in [0.5, 0.6) is 11.5 Å². The summed E-state index contributed by atoms with van der Waals surface area (Å²) >= 11 is 1.35. The van der Waals surface area contributed by atoms with Gasteiger partial charge in [-0.05, 0) is 56.7 Å². The lowest BCUT2D eigenvalue weighted by Gasteiger charge is -2.13. The van der Waals surface area contributed by atoms with Gasteiger partial charge in [-0.2, -0.15) is 0 Å². The molecule has 0 saturated carbocycles. The highest BCUT2D eigenvalue weighted by atomic mass is 32.1. The van der Waals surface area contributed by atoms with Crippen molar-refractivity contribution in [2.75, 3.05) is 26.1 Å². The molecular formula is C27H26N2O5S. The second-order valence-electron chi connectivity index (χ2n) is 7.80. The van der Waals surface area contributed by atoms with Gasteiger partial charge in [-0.3, -0.25) is 4.79 Å². The summed E-state index contributed by atoms with van der Waals surface area (Å²) in [6.07, 6.45) is 0. The van der Waals surface area contributed by atoms with E-state index in [1.807, 2.05) is 50.2 Å². The Kier molecular flexibility index (Phi) is 7.02. The number of rotatable bonds is 7. The maximum absolute atomic E-state index is 13.6. The third-order valence-corrected chi connectivity index (χ3v) is 6.85. The second-order valence-corrected chi connectivity index (χ2v) is 9.03. The lowest BCUT2D eigenvalue weighted by Crippen LogP contribution is -2.15. The van der Waals surface area contributed by atoms with Crippen LogP contribution < -0.4 is 14.8 Å². The molecule has 1 N–H and O–H groups in total. The van der Waals surface area contributed by atoms with E-state index in [2.05, 4.69) is 5.32 Å². The molecule has 180 valence electrons. The number of hydrogen-bond donors (Lipinski definition) is 1. The molecule has 4 rings (SSSR count). The number of fused-ring (bicyclic) bond motifs is 1. The Labute approximate surface area is 207 Å². The number of para-hydroxylation sites is 1. The summed E-state index contributed by atoms with van der Waals surface area (Å²) in [7, 11) is 3.15. The lowest BCUT2D eigenvalue weighted by molar-refractivity contribution is 0.0527. The highest BCUT2D eigenvalue weighted by Crippen LogP contribution is 2.35. The number of carbonyl (C=O) groups excluding carboxylic acids is 2. The van der Waals surface area contributed by atoms with E-state index in [9.17, 15) is 9.59 Å². The first-order valence-corrected chi connectivity index (χ1v) is 11.9. The van der Waals surface area contributed by atoms with Crippen LogP contribution in [0.1, 0.15) is 38.1 Å². The molecule has 2 aromatic carbocycles. The molecule has 0 fully saturated rings. The van der Waals surface area contributed by atoms with Gasteiger partial charge >= 0.3 is 5.97 Å². The van der Waals surface area contributed by atoms with E-state index in [0.29, 0.717) is 44.2 Å². The Morgan fingerprint density at radius 2 is 1.74 bits per heavy atom. The summed E-state index contributed by atoms with van der Waals surface area (Å²) in [6, 6.07) is 14.7. The van der Waals surface area contributed by atoms with Crippen LogP contribution in [0.15, 0.2) is 48.5 Å². The molecule has 35 heavy (non-hydrogen) atoms. The summed E-state index contributed by atoms with van der Waals surface area (Å²) in [5, 5.41) is 4.12. The summed E-state index contributed by atoms with van der Waals surface area (Å²) in [5.41, 5.74) is 3.69. The highest BCUT2D eigenvalue weighted by molar-refractivity contribution is 7.16. The Hall–Kier alpha value is -3.91. The van der Waals surface area contributed by atoms with Crippen LogP contribution in [0.4, 0.5) is 5.00 Å². The lowest BCUT2D eigenvalue weighted by atomic mass is 10.0. The van der Waals surface area contributed by atoms with E-state index >= 15 is 0 Å². The van der Waals surface area contributed by atoms with E-state index in [1.54, 1.807) is 33.3 Å². The second kappa shape index (κ2) is 10.1. The predicted molar refractivity (Wildman–Crippen MR) is 138 cm³/mol. The molecule has 0 aliphatic rings. The molecule has 0 aliphatic heterocycles. The first kappa shape index (κ1) is 24.2. The maximum atomic E-state index is 13.6. The van der Waals surface area contributed by atoms with Crippen molar-refractivity contribution in [3.8, 4) is 22.8 Å². The summed E-state index contributed by atoms with van der Waals surface area (Å²) in [6.45, 7) is 5.77. The average molecular weight is 491 g/mol. The molecule has 0 spiro atoms. The smallest absolute Gasteiger partial charge is 0.341 e. The molecule has 0 radical (unpaired) electrons. The molecule has 1 amide bonds. The van der Waals surface area contributed by atoms with Crippen molar-refractivity contribution in [1.29, 1.82) is 0 Å². The summed E-state index contributed by atoms with van der Waals surface area (Å²) in [4.78, 5) is 31.8. The maximum Gasteiger partial charge on any atom is 0.341 e. The van der Waals surface area contributed by atoms with Gasteiger partial charge in [0.1, 0.15) is 5.00 Å². The number of aryl methyl sites for hydroxylation is 1. The molecule has 8 heteroatoms. The minimum atomic E-state index is -0.449. The highest BCUT2D eigenvalue weighted by Gasteiger charge is 2.23. The zero-order valence-corrected chi connectivity index (χ0v) is 21.0. The van der Waals surface area contributed by atoms with Gasteiger partial charge in [-0.1, -0.05) is 18.2 Å². The number of aromatic nitrogens is 1. The predicted octanol–water partition coefficient (Wildman–Crippen LogP) is 6.03. The number of hydrogen-bond acceptors (Lipinski definition) is 7. The van der Waals surface area contributed by atoms with E-state index in [0.717, 1.165) is 16.0 Å². The number of thiophene rings is 1. The number of amides is 1. The van der Waals surface area contributed by atoms with Gasteiger partial charge in [0, 0.05) is 15.8 Å². The van der Waals surface area contributed by atoms with Crippen LogP contribution >= 0.6 is 11.3 Å². The number of esters is 1. The quantitative estimate of drug-likeness (QED) is 0.319. The summed E-state index contributed by atoms with van der Waals surface area (Å²) < 4.78 is 16.0.